The van der Waals surface area contributed by atoms with Crippen LogP contribution in [0.25, 0.3) is 0 Å². The van der Waals surface area contributed by atoms with Crippen LogP contribution in [-0.2, 0) is 42.7 Å². The molecule has 286 valence electrons. The van der Waals surface area contributed by atoms with Crippen molar-refractivity contribution in [2.24, 2.45) is 23.7 Å². The van der Waals surface area contributed by atoms with Crippen LogP contribution < -0.4 is 0 Å². The smallest absolute Gasteiger partial charge is 0.463 e. The standard InChI is InChI=1S/C38H62O12/c1-27(39)48-33-13-5-29(6-14-33)20-24-45-37(41)47-26-22-31-9-17-35(18-10-31)50-38(42)49-34-15-7-30(8-16-34)21-25-46-36(40)44-23-19-28-3-11-32(43-2)12-4-28/h28-35H,3-26H2,1-2H3. The number of methoxy groups -OCH3 is 1. The van der Waals surface area contributed by atoms with Crippen LogP contribution in [-0.4, -0.2) is 82.4 Å². The lowest BCUT2D eigenvalue weighted by Gasteiger charge is -2.30. The van der Waals surface area contributed by atoms with Gasteiger partial charge in [0.15, 0.2) is 0 Å². The zero-order chi connectivity index (χ0) is 35.6. The van der Waals surface area contributed by atoms with Crippen LogP contribution >= 0.6 is 0 Å². The minimum atomic E-state index is -0.622. The van der Waals surface area contributed by atoms with E-state index in [1.807, 2.05) is 0 Å². The van der Waals surface area contributed by atoms with Crippen molar-refractivity contribution in [2.45, 2.75) is 160 Å². The van der Waals surface area contributed by atoms with Crippen molar-refractivity contribution in [1.29, 1.82) is 0 Å². The minimum Gasteiger partial charge on any atom is -0.463 e. The molecule has 0 aromatic rings. The average molecular weight is 711 g/mol. The molecule has 0 spiro atoms. The molecule has 4 rings (SSSR count). The summed E-state index contributed by atoms with van der Waals surface area (Å²) in [6.07, 6.45) is 16.3. The Labute approximate surface area is 298 Å². The molecule has 0 saturated heterocycles. The van der Waals surface area contributed by atoms with Crippen LogP contribution in [0, 0.1) is 23.7 Å². The largest absolute Gasteiger partial charge is 0.508 e. The van der Waals surface area contributed by atoms with Gasteiger partial charge in [0, 0.05) is 14.0 Å². The normalized spacial score (nSPS) is 30.0. The van der Waals surface area contributed by atoms with Crippen LogP contribution in [0.2, 0.25) is 0 Å². The Hall–Kier alpha value is -2.76. The summed E-state index contributed by atoms with van der Waals surface area (Å²) in [5, 5.41) is 0. The van der Waals surface area contributed by atoms with Gasteiger partial charge in [-0.05, 0) is 152 Å². The average Bonchev–Trinajstić information content (AvgIpc) is 3.10. The van der Waals surface area contributed by atoms with Crippen molar-refractivity contribution in [3.63, 3.8) is 0 Å². The highest BCUT2D eigenvalue weighted by Crippen LogP contribution is 2.32. The van der Waals surface area contributed by atoms with Crippen molar-refractivity contribution in [3.8, 4) is 0 Å². The first-order chi connectivity index (χ1) is 24.2. The minimum absolute atomic E-state index is 0.0201. The van der Waals surface area contributed by atoms with Gasteiger partial charge in [0.2, 0.25) is 0 Å². The van der Waals surface area contributed by atoms with Crippen molar-refractivity contribution in [3.05, 3.63) is 0 Å². The van der Waals surface area contributed by atoms with E-state index < -0.39 is 18.5 Å². The summed E-state index contributed by atoms with van der Waals surface area (Å²) in [5.41, 5.74) is 0. The monoisotopic (exact) mass is 710 g/mol. The summed E-state index contributed by atoms with van der Waals surface area (Å²) in [6, 6.07) is 0. The molecule has 0 aromatic heterocycles. The number of hydrogen-bond donors (Lipinski definition) is 0. The first kappa shape index (κ1) is 40.0. The van der Waals surface area contributed by atoms with Crippen LogP contribution in [0.5, 0.6) is 0 Å². The second-order valence-corrected chi connectivity index (χ2v) is 15.0. The molecule has 0 atom stereocenters. The van der Waals surface area contributed by atoms with E-state index in [1.165, 1.54) is 6.92 Å². The molecule has 12 heteroatoms. The molecule has 0 aliphatic heterocycles. The summed E-state index contributed by atoms with van der Waals surface area (Å²) < 4.78 is 43.1. The molecule has 0 aromatic carbocycles. The fraction of sp³-hybridized carbons (Fsp3) is 0.895. The first-order valence-corrected chi connectivity index (χ1v) is 19.4. The quantitative estimate of drug-likeness (QED) is 0.112. The van der Waals surface area contributed by atoms with Gasteiger partial charge < -0.3 is 37.9 Å². The molecule has 0 heterocycles. The maximum Gasteiger partial charge on any atom is 0.508 e. The predicted molar refractivity (Wildman–Crippen MR) is 182 cm³/mol. The van der Waals surface area contributed by atoms with Gasteiger partial charge in [0.25, 0.3) is 0 Å². The van der Waals surface area contributed by atoms with Gasteiger partial charge in [-0.1, -0.05) is 0 Å². The number of esters is 1. The highest BCUT2D eigenvalue weighted by atomic mass is 16.7. The Balaban J connectivity index is 0.938. The van der Waals surface area contributed by atoms with Gasteiger partial charge in [0.1, 0.15) is 18.3 Å². The number of hydrogen-bond acceptors (Lipinski definition) is 12. The van der Waals surface area contributed by atoms with Gasteiger partial charge in [-0.15, -0.1) is 0 Å². The Kier molecular flexibility index (Phi) is 17.8. The van der Waals surface area contributed by atoms with E-state index in [0.29, 0.717) is 56.2 Å². The van der Waals surface area contributed by atoms with Gasteiger partial charge in [-0.3, -0.25) is 4.79 Å². The van der Waals surface area contributed by atoms with Crippen LogP contribution in [0.3, 0.4) is 0 Å². The molecule has 4 aliphatic rings. The molecular formula is C38H62O12. The van der Waals surface area contributed by atoms with Crippen molar-refractivity contribution in [2.75, 3.05) is 33.5 Å². The Morgan fingerprint density at radius 1 is 0.400 bits per heavy atom. The second-order valence-electron chi connectivity index (χ2n) is 15.0. The summed E-state index contributed by atoms with van der Waals surface area (Å²) in [5.74, 6) is 1.68. The maximum absolute atomic E-state index is 12.5. The zero-order valence-electron chi connectivity index (χ0n) is 30.5. The van der Waals surface area contributed by atoms with Crippen molar-refractivity contribution in [1.82, 2.24) is 0 Å². The third-order valence-corrected chi connectivity index (χ3v) is 11.4. The summed E-state index contributed by atoms with van der Waals surface area (Å²) >= 11 is 0. The van der Waals surface area contributed by atoms with Crippen LogP contribution in [0.15, 0.2) is 0 Å². The lowest BCUT2D eigenvalue weighted by Crippen LogP contribution is -2.29. The number of carbonyl (C=O) groups excluding carboxylic acids is 4. The van der Waals surface area contributed by atoms with Gasteiger partial charge in [0.05, 0.1) is 32.5 Å². The molecule has 0 unspecified atom stereocenters. The lowest BCUT2D eigenvalue weighted by atomic mass is 9.85. The number of carbonyl (C=O) groups is 4. The molecular weight excluding hydrogens is 648 g/mol. The van der Waals surface area contributed by atoms with E-state index in [1.54, 1.807) is 7.11 Å². The SMILES string of the molecule is COC1CCC(CCOC(=O)OCCC2CCC(OC(=O)OC3CCC(CCOC(=O)OCCC4CCC(OC(C)=O)CC4)CC3)CC2)CC1. The third kappa shape index (κ3) is 15.6. The van der Waals surface area contributed by atoms with E-state index in [-0.39, 0.29) is 24.3 Å². The summed E-state index contributed by atoms with van der Waals surface area (Å²) in [4.78, 5) is 47.6. The third-order valence-electron chi connectivity index (χ3n) is 11.4. The highest BCUT2D eigenvalue weighted by molar-refractivity contribution is 5.66. The fourth-order valence-electron chi connectivity index (χ4n) is 8.13. The van der Waals surface area contributed by atoms with Gasteiger partial charge in [-0.2, -0.15) is 0 Å². The molecule has 4 fully saturated rings. The lowest BCUT2D eigenvalue weighted by molar-refractivity contribution is -0.148. The fourth-order valence-corrected chi connectivity index (χ4v) is 8.13. The molecule has 50 heavy (non-hydrogen) atoms. The van der Waals surface area contributed by atoms with E-state index in [9.17, 15) is 19.2 Å². The Bertz CT molecular complexity index is 1000. The molecule has 4 aliphatic carbocycles. The molecule has 0 amide bonds. The van der Waals surface area contributed by atoms with E-state index in [2.05, 4.69) is 0 Å². The second kappa shape index (κ2) is 22.2. The first-order valence-electron chi connectivity index (χ1n) is 19.4. The van der Waals surface area contributed by atoms with Crippen LogP contribution in [0.4, 0.5) is 14.4 Å². The zero-order valence-corrected chi connectivity index (χ0v) is 30.5. The highest BCUT2D eigenvalue weighted by Gasteiger charge is 2.29. The number of ether oxygens (including phenoxy) is 8. The summed E-state index contributed by atoms with van der Waals surface area (Å²) in [7, 11) is 1.77. The Morgan fingerprint density at radius 3 is 0.960 bits per heavy atom. The van der Waals surface area contributed by atoms with Gasteiger partial charge >= 0.3 is 24.4 Å². The molecule has 0 radical (unpaired) electrons. The van der Waals surface area contributed by atoms with Crippen molar-refractivity contribution < 1.29 is 57.1 Å². The predicted octanol–water partition coefficient (Wildman–Crippen LogP) is 8.45. The van der Waals surface area contributed by atoms with Crippen molar-refractivity contribution >= 4 is 24.4 Å². The van der Waals surface area contributed by atoms with Gasteiger partial charge in [-0.25, -0.2) is 14.4 Å². The van der Waals surface area contributed by atoms with Crippen LogP contribution in [0.1, 0.15) is 135 Å². The molecule has 0 bridgehead atoms. The molecule has 12 nitrogen and oxygen atoms in total. The molecule has 0 N–H and O–H groups in total. The number of rotatable bonds is 16. The van der Waals surface area contributed by atoms with E-state index in [4.69, 9.17) is 37.9 Å². The molecule has 4 saturated carbocycles. The topological polar surface area (TPSA) is 142 Å². The van der Waals surface area contributed by atoms with E-state index >= 15 is 0 Å². The summed E-state index contributed by atoms with van der Waals surface area (Å²) in [6.45, 7) is 2.85. The Morgan fingerprint density at radius 2 is 0.680 bits per heavy atom. The maximum atomic E-state index is 12.5. The van der Waals surface area contributed by atoms with E-state index in [0.717, 1.165) is 128 Å².